The summed E-state index contributed by atoms with van der Waals surface area (Å²) >= 11 is 0. The Morgan fingerprint density at radius 1 is 1.14 bits per heavy atom. The molecule has 0 saturated carbocycles. The highest BCUT2D eigenvalue weighted by Crippen LogP contribution is 2.32. The van der Waals surface area contributed by atoms with Gasteiger partial charge in [0.15, 0.2) is 11.5 Å². The number of rotatable bonds is 5. The third-order valence-electron chi connectivity index (χ3n) is 4.42. The number of hydrogen-bond acceptors (Lipinski definition) is 6. The van der Waals surface area contributed by atoms with Gasteiger partial charge in [-0.15, -0.1) is 0 Å². The summed E-state index contributed by atoms with van der Waals surface area (Å²) in [6, 6.07) is 11.7. The highest BCUT2D eigenvalue weighted by molar-refractivity contribution is 6.05. The maximum atomic E-state index is 13.7. The van der Waals surface area contributed by atoms with E-state index in [1.54, 1.807) is 43.3 Å². The number of fused-ring (bicyclic) bond motifs is 1. The average Bonchev–Trinajstić information content (AvgIpc) is 2.73. The van der Waals surface area contributed by atoms with Crippen molar-refractivity contribution in [2.45, 2.75) is 13.5 Å². The second-order valence-electron chi connectivity index (χ2n) is 6.45. The second-order valence-corrected chi connectivity index (χ2v) is 6.45. The predicted molar refractivity (Wildman–Crippen MR) is 106 cm³/mol. The molecule has 29 heavy (non-hydrogen) atoms. The summed E-state index contributed by atoms with van der Waals surface area (Å²) < 4.78 is 24.7. The first-order valence-electron chi connectivity index (χ1n) is 9.12. The SMILES string of the molecule is Cc1nc(NCc2ccccc2F)ncc1C(=O)Nc1ccc2c(c1)OCCO2. The molecule has 1 aliphatic rings. The molecule has 0 aliphatic carbocycles. The summed E-state index contributed by atoms with van der Waals surface area (Å²) in [7, 11) is 0. The van der Waals surface area contributed by atoms with E-state index < -0.39 is 0 Å². The number of aryl methyl sites for hydroxylation is 1. The number of carbonyl (C=O) groups excluding carboxylic acids is 1. The van der Waals surface area contributed by atoms with Crippen LogP contribution in [0.5, 0.6) is 11.5 Å². The Bertz CT molecular complexity index is 1060. The van der Waals surface area contributed by atoms with Gasteiger partial charge >= 0.3 is 0 Å². The van der Waals surface area contributed by atoms with Crippen LogP contribution < -0.4 is 20.1 Å². The minimum absolute atomic E-state index is 0.245. The van der Waals surface area contributed by atoms with Crippen LogP contribution in [-0.4, -0.2) is 29.1 Å². The van der Waals surface area contributed by atoms with Crippen LogP contribution in [0.2, 0.25) is 0 Å². The average molecular weight is 394 g/mol. The summed E-state index contributed by atoms with van der Waals surface area (Å²) in [6.45, 7) is 2.94. The lowest BCUT2D eigenvalue weighted by Crippen LogP contribution is -2.17. The molecule has 0 radical (unpaired) electrons. The number of benzene rings is 2. The van der Waals surface area contributed by atoms with Gasteiger partial charge in [-0.25, -0.2) is 14.4 Å². The van der Waals surface area contributed by atoms with Crippen molar-refractivity contribution < 1.29 is 18.7 Å². The Morgan fingerprint density at radius 3 is 2.72 bits per heavy atom. The van der Waals surface area contributed by atoms with Crippen LogP contribution in [0.4, 0.5) is 16.0 Å². The fourth-order valence-corrected chi connectivity index (χ4v) is 2.91. The van der Waals surface area contributed by atoms with Gasteiger partial charge in [-0.3, -0.25) is 4.79 Å². The molecule has 1 amide bonds. The normalized spacial score (nSPS) is 12.3. The van der Waals surface area contributed by atoms with Crippen LogP contribution in [0.1, 0.15) is 21.6 Å². The van der Waals surface area contributed by atoms with E-state index in [-0.39, 0.29) is 18.3 Å². The first kappa shape index (κ1) is 18.7. The van der Waals surface area contributed by atoms with Crippen molar-refractivity contribution in [2.24, 2.45) is 0 Å². The lowest BCUT2D eigenvalue weighted by atomic mass is 10.2. The van der Waals surface area contributed by atoms with Crippen molar-refractivity contribution in [3.63, 3.8) is 0 Å². The van der Waals surface area contributed by atoms with Gasteiger partial charge in [0.1, 0.15) is 19.0 Å². The molecular weight excluding hydrogens is 375 g/mol. The zero-order chi connectivity index (χ0) is 20.2. The molecule has 0 fully saturated rings. The lowest BCUT2D eigenvalue weighted by Gasteiger charge is -2.19. The van der Waals surface area contributed by atoms with E-state index in [9.17, 15) is 9.18 Å². The number of nitrogens with zero attached hydrogens (tertiary/aromatic N) is 2. The van der Waals surface area contributed by atoms with Crippen molar-refractivity contribution in [3.05, 3.63) is 71.3 Å². The number of amides is 1. The van der Waals surface area contributed by atoms with Gasteiger partial charge in [-0.05, 0) is 25.1 Å². The first-order valence-corrected chi connectivity index (χ1v) is 9.12. The largest absolute Gasteiger partial charge is 0.486 e. The molecule has 1 aromatic heterocycles. The fraction of sp³-hybridized carbons (Fsp3) is 0.190. The van der Waals surface area contributed by atoms with Gasteiger partial charge in [0.05, 0.1) is 11.3 Å². The molecule has 0 spiro atoms. The Labute approximate surface area is 166 Å². The van der Waals surface area contributed by atoms with E-state index in [0.29, 0.717) is 53.2 Å². The summed E-state index contributed by atoms with van der Waals surface area (Å²) in [5.74, 6) is 0.933. The van der Waals surface area contributed by atoms with Gasteiger partial charge in [-0.1, -0.05) is 18.2 Å². The molecule has 7 nitrogen and oxygen atoms in total. The Hall–Kier alpha value is -3.68. The molecule has 8 heteroatoms. The number of hydrogen-bond donors (Lipinski definition) is 2. The monoisotopic (exact) mass is 394 g/mol. The number of carbonyl (C=O) groups is 1. The van der Waals surface area contributed by atoms with Crippen molar-refractivity contribution in [2.75, 3.05) is 23.8 Å². The molecule has 2 heterocycles. The fourth-order valence-electron chi connectivity index (χ4n) is 2.91. The highest BCUT2D eigenvalue weighted by Gasteiger charge is 2.15. The molecule has 148 valence electrons. The van der Waals surface area contributed by atoms with Crippen LogP contribution in [-0.2, 0) is 6.54 Å². The minimum atomic E-state index is -0.333. The molecule has 0 atom stereocenters. The van der Waals surface area contributed by atoms with E-state index in [0.717, 1.165) is 0 Å². The number of anilines is 2. The summed E-state index contributed by atoms with van der Waals surface area (Å²) in [5, 5.41) is 5.78. The van der Waals surface area contributed by atoms with E-state index in [1.165, 1.54) is 12.3 Å². The van der Waals surface area contributed by atoms with Gasteiger partial charge in [0.2, 0.25) is 5.95 Å². The van der Waals surface area contributed by atoms with Gasteiger partial charge in [0.25, 0.3) is 5.91 Å². The van der Waals surface area contributed by atoms with Crippen LogP contribution in [0.3, 0.4) is 0 Å². The van der Waals surface area contributed by atoms with E-state index in [4.69, 9.17) is 9.47 Å². The minimum Gasteiger partial charge on any atom is -0.486 e. The molecule has 2 N–H and O–H groups in total. The predicted octanol–water partition coefficient (Wildman–Crippen LogP) is 3.56. The maximum Gasteiger partial charge on any atom is 0.259 e. The topological polar surface area (TPSA) is 85.4 Å². The molecule has 0 bridgehead atoms. The van der Waals surface area contributed by atoms with E-state index >= 15 is 0 Å². The van der Waals surface area contributed by atoms with Crippen LogP contribution >= 0.6 is 0 Å². The molecule has 1 aliphatic heterocycles. The Kier molecular flexibility index (Phi) is 5.24. The molecule has 3 aromatic rings. The summed E-state index contributed by atoms with van der Waals surface area (Å²) in [4.78, 5) is 21.1. The molecule has 0 saturated heterocycles. The maximum absolute atomic E-state index is 13.7. The zero-order valence-electron chi connectivity index (χ0n) is 15.7. The molecule has 2 aromatic carbocycles. The Morgan fingerprint density at radius 2 is 1.93 bits per heavy atom. The lowest BCUT2D eigenvalue weighted by molar-refractivity contribution is 0.102. The summed E-state index contributed by atoms with van der Waals surface area (Å²) in [6.07, 6.45) is 1.44. The van der Waals surface area contributed by atoms with Gasteiger partial charge < -0.3 is 20.1 Å². The highest BCUT2D eigenvalue weighted by atomic mass is 19.1. The summed E-state index contributed by atoms with van der Waals surface area (Å²) in [5.41, 5.74) is 1.94. The third-order valence-corrected chi connectivity index (χ3v) is 4.42. The molecular formula is C21H19FN4O3. The van der Waals surface area contributed by atoms with E-state index in [2.05, 4.69) is 20.6 Å². The van der Waals surface area contributed by atoms with Crippen molar-refractivity contribution in [1.29, 1.82) is 0 Å². The Balaban J connectivity index is 1.43. The number of ether oxygens (including phenoxy) is 2. The standard InChI is InChI=1S/C21H19FN4O3/c1-13-16(12-24-21(25-13)23-11-14-4-2-3-5-17(14)22)20(27)26-15-6-7-18-19(10-15)29-9-8-28-18/h2-7,10,12H,8-9,11H2,1H3,(H,26,27)(H,23,24,25). The van der Waals surface area contributed by atoms with Crippen molar-refractivity contribution in [1.82, 2.24) is 9.97 Å². The molecule has 4 rings (SSSR count). The van der Waals surface area contributed by atoms with Crippen LogP contribution in [0.15, 0.2) is 48.7 Å². The smallest absolute Gasteiger partial charge is 0.259 e. The van der Waals surface area contributed by atoms with Crippen LogP contribution in [0, 0.1) is 12.7 Å². The zero-order valence-corrected chi connectivity index (χ0v) is 15.7. The van der Waals surface area contributed by atoms with Gasteiger partial charge in [0, 0.05) is 30.1 Å². The number of nitrogens with one attached hydrogen (secondary N) is 2. The van der Waals surface area contributed by atoms with E-state index in [1.807, 2.05) is 0 Å². The first-order chi connectivity index (χ1) is 14.1. The van der Waals surface area contributed by atoms with Crippen LogP contribution in [0.25, 0.3) is 0 Å². The van der Waals surface area contributed by atoms with Gasteiger partial charge in [-0.2, -0.15) is 0 Å². The second kappa shape index (κ2) is 8.14. The number of halogens is 1. The third kappa shape index (κ3) is 4.26. The van der Waals surface area contributed by atoms with Crippen molar-refractivity contribution >= 4 is 17.5 Å². The quantitative estimate of drug-likeness (QED) is 0.688. The number of aromatic nitrogens is 2. The molecule has 0 unspecified atom stereocenters. The van der Waals surface area contributed by atoms with Crippen molar-refractivity contribution in [3.8, 4) is 11.5 Å².